The average molecular weight is 1030 g/mol. The second-order valence-corrected chi connectivity index (χ2v) is 23.9. The highest BCUT2D eigenvalue weighted by Crippen LogP contribution is 2.62. The summed E-state index contributed by atoms with van der Waals surface area (Å²) >= 11 is 0. The highest BCUT2D eigenvalue weighted by Gasteiger charge is 2.45. The molecule has 10 aromatic rings. The van der Waals surface area contributed by atoms with E-state index in [-0.39, 0.29) is 21.7 Å². The Morgan fingerprint density at radius 2 is 0.388 bits per heavy atom. The molecule has 0 bridgehead atoms. The van der Waals surface area contributed by atoms with Crippen LogP contribution < -0.4 is 19.6 Å². The van der Waals surface area contributed by atoms with Gasteiger partial charge in [-0.15, -0.1) is 0 Å². The van der Waals surface area contributed by atoms with Gasteiger partial charge in [0.05, 0.1) is 79.4 Å². The SMILES string of the molecule is CC1(C)c2ccccc2N(c2ccc(N3c4ccccc4C(C)(C)c4ccccc43)c(-c3c(N4c5ccccc5C(C)(C)c5ccccc54)ccc(N4c5ccccc5C(C)(C)c5ccccc54)c3C#N)c2C#N)c2ccccc21. The van der Waals surface area contributed by atoms with Crippen molar-refractivity contribution in [3.8, 4) is 23.3 Å². The van der Waals surface area contributed by atoms with E-state index in [2.05, 4.69) is 306 Å². The van der Waals surface area contributed by atoms with Crippen LogP contribution in [0.15, 0.2) is 218 Å². The summed E-state index contributed by atoms with van der Waals surface area (Å²) in [4.78, 5) is 9.32. The molecule has 0 radical (unpaired) electrons. The Morgan fingerprint density at radius 3 is 0.575 bits per heavy atom. The smallest absolute Gasteiger partial charge is 0.102 e. The van der Waals surface area contributed by atoms with Crippen molar-refractivity contribution in [1.29, 1.82) is 10.5 Å². The zero-order valence-electron chi connectivity index (χ0n) is 46.5. The van der Waals surface area contributed by atoms with Crippen molar-refractivity contribution in [2.45, 2.75) is 77.0 Å². The molecule has 0 aliphatic carbocycles. The van der Waals surface area contributed by atoms with Crippen molar-refractivity contribution < 1.29 is 0 Å². The van der Waals surface area contributed by atoms with E-state index < -0.39 is 0 Å². The summed E-state index contributed by atoms with van der Waals surface area (Å²) in [5, 5.41) is 25.3. The molecular formula is C74H60N6. The van der Waals surface area contributed by atoms with Crippen molar-refractivity contribution in [3.05, 3.63) is 274 Å². The van der Waals surface area contributed by atoms with Gasteiger partial charge in [-0.25, -0.2) is 0 Å². The maximum absolute atomic E-state index is 12.7. The molecule has 14 rings (SSSR count). The van der Waals surface area contributed by atoms with E-state index in [4.69, 9.17) is 0 Å². The largest absolute Gasteiger partial charge is 0.309 e. The zero-order chi connectivity index (χ0) is 55.0. The van der Waals surface area contributed by atoms with E-state index in [1.165, 1.54) is 0 Å². The Bertz CT molecular complexity index is 3860. The number of rotatable bonds is 5. The van der Waals surface area contributed by atoms with Crippen LogP contribution in [0.3, 0.4) is 0 Å². The molecule has 10 aromatic carbocycles. The number of benzene rings is 10. The molecule has 4 heterocycles. The molecule has 0 unspecified atom stereocenters. The number of nitriles is 2. The van der Waals surface area contributed by atoms with Gasteiger partial charge in [0.15, 0.2) is 0 Å². The van der Waals surface area contributed by atoms with Crippen LogP contribution in [0.5, 0.6) is 0 Å². The summed E-state index contributed by atoms with van der Waals surface area (Å²) < 4.78 is 0. The fourth-order valence-corrected chi connectivity index (χ4v) is 14.4. The minimum absolute atomic E-state index is 0.346. The van der Waals surface area contributed by atoms with Crippen LogP contribution in [0.4, 0.5) is 68.2 Å². The Morgan fingerprint density at radius 1 is 0.225 bits per heavy atom. The number of hydrogen-bond donors (Lipinski definition) is 0. The number of hydrogen-bond acceptors (Lipinski definition) is 6. The summed E-state index contributed by atoms with van der Waals surface area (Å²) in [6.45, 7) is 18.4. The minimum Gasteiger partial charge on any atom is -0.309 e. The lowest BCUT2D eigenvalue weighted by atomic mass is 9.72. The third-order valence-electron chi connectivity index (χ3n) is 18.3. The van der Waals surface area contributed by atoms with Crippen LogP contribution in [0.2, 0.25) is 0 Å². The first-order valence-corrected chi connectivity index (χ1v) is 27.8. The predicted octanol–water partition coefficient (Wildman–Crippen LogP) is 19.5. The lowest BCUT2D eigenvalue weighted by Crippen LogP contribution is -2.32. The van der Waals surface area contributed by atoms with Crippen LogP contribution >= 0.6 is 0 Å². The Hall–Kier alpha value is -9.62. The predicted molar refractivity (Wildman–Crippen MR) is 329 cm³/mol. The lowest BCUT2D eigenvalue weighted by molar-refractivity contribution is 0.631. The summed E-state index contributed by atoms with van der Waals surface area (Å²) in [7, 11) is 0. The molecule has 4 aliphatic rings. The van der Waals surface area contributed by atoms with Gasteiger partial charge in [0.1, 0.15) is 12.1 Å². The zero-order valence-corrected chi connectivity index (χ0v) is 46.5. The van der Waals surface area contributed by atoms with Gasteiger partial charge in [-0.2, -0.15) is 10.5 Å². The fourth-order valence-electron chi connectivity index (χ4n) is 14.4. The van der Waals surface area contributed by atoms with Crippen molar-refractivity contribution in [1.82, 2.24) is 0 Å². The Balaban J connectivity index is 1.18. The highest BCUT2D eigenvalue weighted by atomic mass is 15.2. The second-order valence-electron chi connectivity index (χ2n) is 23.9. The van der Waals surface area contributed by atoms with Gasteiger partial charge < -0.3 is 19.6 Å². The molecule has 0 saturated carbocycles. The summed E-state index contributed by atoms with van der Waals surface area (Å²) in [5.41, 5.74) is 21.1. The quantitative estimate of drug-likeness (QED) is 0.171. The molecule has 386 valence electrons. The maximum atomic E-state index is 12.7. The van der Waals surface area contributed by atoms with Crippen LogP contribution in [-0.4, -0.2) is 0 Å². The van der Waals surface area contributed by atoms with Crippen molar-refractivity contribution in [3.63, 3.8) is 0 Å². The number of para-hydroxylation sites is 8. The molecule has 6 nitrogen and oxygen atoms in total. The minimum atomic E-state index is -0.365. The fraction of sp³-hybridized carbons (Fsp3) is 0.162. The van der Waals surface area contributed by atoms with Gasteiger partial charge in [0.25, 0.3) is 0 Å². The van der Waals surface area contributed by atoms with Gasteiger partial charge in [0.2, 0.25) is 0 Å². The molecule has 80 heavy (non-hydrogen) atoms. The lowest BCUT2D eigenvalue weighted by Gasteiger charge is -2.45. The standard InChI is InChI=1S/C74H60N6/c1-71(2)49-25-9-17-33-59(49)77(60-34-18-10-26-50(60)71)57-41-43-67(79-63-37-21-13-29-53(63)73(5,6)54-30-14-22-38-64(54)79)69(47(57)45-75)70-48(46-76)58(78-61-35-19-11-27-51(61)72(3,4)52-28-12-20-36-62(52)78)42-44-68(70)80-65-39-23-15-31-55(65)74(7,8)56-32-16-24-40-66(56)80/h9-44H,1-8H3. The molecule has 0 aromatic heterocycles. The third kappa shape index (κ3) is 6.63. The normalized spacial score (nSPS) is 16.0. The number of anilines is 12. The highest BCUT2D eigenvalue weighted by molar-refractivity contribution is 6.07. The van der Waals surface area contributed by atoms with E-state index in [0.29, 0.717) is 22.3 Å². The van der Waals surface area contributed by atoms with Gasteiger partial charge in [-0.3, -0.25) is 0 Å². The average Bonchev–Trinajstić information content (AvgIpc) is 3.67. The first-order chi connectivity index (χ1) is 38.7. The third-order valence-corrected chi connectivity index (χ3v) is 18.3. The van der Waals surface area contributed by atoms with Gasteiger partial charge in [-0.1, -0.05) is 201 Å². The molecular weight excluding hydrogens is 973 g/mol. The maximum Gasteiger partial charge on any atom is 0.102 e. The van der Waals surface area contributed by atoms with E-state index in [9.17, 15) is 10.5 Å². The Labute approximate surface area is 470 Å². The molecule has 4 aliphatic heterocycles. The van der Waals surface area contributed by atoms with E-state index >= 15 is 0 Å². The first kappa shape index (κ1) is 48.7. The van der Waals surface area contributed by atoms with Gasteiger partial charge in [-0.05, 0) is 117 Å². The number of nitrogens with zero attached hydrogens (tertiary/aromatic N) is 6. The van der Waals surface area contributed by atoms with Crippen LogP contribution in [0.1, 0.15) is 111 Å². The van der Waals surface area contributed by atoms with Crippen LogP contribution in [0.25, 0.3) is 11.1 Å². The summed E-state index contributed by atoms with van der Waals surface area (Å²) in [5.74, 6) is 0. The molecule has 0 fully saturated rings. The molecule has 0 atom stereocenters. The molecule has 0 saturated heterocycles. The topological polar surface area (TPSA) is 60.5 Å². The van der Waals surface area contributed by atoms with Crippen LogP contribution in [0, 0.1) is 22.7 Å². The Kier molecular flexibility index (Phi) is 10.6. The second kappa shape index (κ2) is 17.4. The molecule has 0 N–H and O–H groups in total. The van der Waals surface area contributed by atoms with Crippen LogP contribution in [-0.2, 0) is 21.7 Å². The molecule has 6 heteroatoms. The van der Waals surface area contributed by atoms with E-state index in [1.807, 2.05) is 0 Å². The van der Waals surface area contributed by atoms with Gasteiger partial charge >= 0.3 is 0 Å². The summed E-state index contributed by atoms with van der Waals surface area (Å²) in [6, 6.07) is 83.9. The van der Waals surface area contributed by atoms with E-state index in [1.54, 1.807) is 0 Å². The van der Waals surface area contributed by atoms with Crippen molar-refractivity contribution in [2.75, 3.05) is 19.6 Å². The molecule has 0 amide bonds. The number of fused-ring (bicyclic) bond motifs is 8. The van der Waals surface area contributed by atoms with E-state index in [0.717, 1.165) is 113 Å². The van der Waals surface area contributed by atoms with Crippen molar-refractivity contribution >= 4 is 68.2 Å². The van der Waals surface area contributed by atoms with Gasteiger partial charge in [0, 0.05) is 32.8 Å². The first-order valence-electron chi connectivity index (χ1n) is 27.8. The monoisotopic (exact) mass is 1030 g/mol. The summed E-state index contributed by atoms with van der Waals surface area (Å²) in [6.07, 6.45) is 0. The molecule has 0 spiro atoms. The van der Waals surface area contributed by atoms with Crippen molar-refractivity contribution in [2.24, 2.45) is 0 Å².